The maximum Gasteiger partial charge on any atom is 0.253 e. The SMILES string of the molecule is CCc1ccc2[nH]c(=O)c(CN(CCCN3CCOCC3)C(=S)NC[C@@H]3CCCO3)cc2c1. The lowest BCUT2D eigenvalue weighted by atomic mass is 10.1. The second kappa shape index (κ2) is 11.9. The highest BCUT2D eigenvalue weighted by Gasteiger charge is 2.19. The molecule has 0 amide bonds. The van der Waals surface area contributed by atoms with Crippen LogP contribution in [0.2, 0.25) is 0 Å². The van der Waals surface area contributed by atoms with Gasteiger partial charge in [0.25, 0.3) is 5.56 Å². The van der Waals surface area contributed by atoms with E-state index in [4.69, 9.17) is 21.7 Å². The van der Waals surface area contributed by atoms with Crippen LogP contribution in [0.4, 0.5) is 0 Å². The molecule has 180 valence electrons. The summed E-state index contributed by atoms with van der Waals surface area (Å²) >= 11 is 5.77. The van der Waals surface area contributed by atoms with Gasteiger partial charge in [-0.3, -0.25) is 9.69 Å². The molecule has 2 aromatic rings. The average molecular weight is 473 g/mol. The predicted molar refractivity (Wildman–Crippen MR) is 136 cm³/mol. The standard InChI is InChI=1S/C25H36N4O3S/c1-2-19-6-7-23-20(15-19)16-21(24(30)27-23)18-29(9-4-8-28-10-13-31-14-11-28)25(33)26-17-22-5-3-12-32-22/h6-7,15-16,22H,2-5,8-14,17-18H2,1H3,(H,26,33)(H,27,30)/t22-/m0/s1. The molecule has 1 atom stereocenters. The van der Waals surface area contributed by atoms with E-state index in [9.17, 15) is 4.79 Å². The van der Waals surface area contributed by atoms with Crippen molar-refractivity contribution in [2.45, 2.75) is 45.3 Å². The van der Waals surface area contributed by atoms with Gasteiger partial charge in [0.2, 0.25) is 0 Å². The summed E-state index contributed by atoms with van der Waals surface area (Å²) in [6.07, 6.45) is 4.34. The summed E-state index contributed by atoms with van der Waals surface area (Å²) in [5.41, 5.74) is 2.82. The van der Waals surface area contributed by atoms with Crippen LogP contribution in [0.25, 0.3) is 10.9 Å². The van der Waals surface area contributed by atoms with Crippen molar-refractivity contribution < 1.29 is 9.47 Å². The van der Waals surface area contributed by atoms with E-state index in [1.54, 1.807) is 0 Å². The number of pyridine rings is 1. The van der Waals surface area contributed by atoms with Gasteiger partial charge in [-0.05, 0) is 67.0 Å². The monoisotopic (exact) mass is 472 g/mol. The molecule has 1 aromatic heterocycles. The van der Waals surface area contributed by atoms with Crippen molar-refractivity contribution in [1.82, 2.24) is 20.1 Å². The van der Waals surface area contributed by atoms with Crippen molar-refractivity contribution in [1.29, 1.82) is 0 Å². The molecule has 3 heterocycles. The van der Waals surface area contributed by atoms with Crippen molar-refractivity contribution >= 4 is 28.2 Å². The lowest BCUT2D eigenvalue weighted by Crippen LogP contribution is -2.44. The van der Waals surface area contributed by atoms with Gasteiger partial charge in [0.1, 0.15) is 0 Å². The molecule has 33 heavy (non-hydrogen) atoms. The molecule has 0 bridgehead atoms. The Kier molecular flexibility index (Phi) is 8.72. The Morgan fingerprint density at radius 2 is 2.12 bits per heavy atom. The Labute approximate surface area is 201 Å². The number of nitrogens with zero attached hydrogens (tertiary/aromatic N) is 2. The van der Waals surface area contributed by atoms with E-state index in [1.165, 1.54) is 5.56 Å². The van der Waals surface area contributed by atoms with E-state index >= 15 is 0 Å². The Bertz CT molecular complexity index is 983. The summed E-state index contributed by atoms with van der Waals surface area (Å²) in [5.74, 6) is 0. The summed E-state index contributed by atoms with van der Waals surface area (Å²) in [4.78, 5) is 20.5. The first-order valence-electron chi connectivity index (χ1n) is 12.2. The maximum atomic E-state index is 12.8. The molecule has 2 fully saturated rings. The van der Waals surface area contributed by atoms with Crippen molar-refractivity contribution in [2.24, 2.45) is 0 Å². The predicted octanol–water partition coefficient (Wildman–Crippen LogP) is 2.67. The van der Waals surface area contributed by atoms with Gasteiger partial charge in [-0.15, -0.1) is 0 Å². The van der Waals surface area contributed by atoms with Crippen LogP contribution in [-0.4, -0.2) is 78.5 Å². The zero-order valence-electron chi connectivity index (χ0n) is 19.6. The minimum absolute atomic E-state index is 0.0492. The van der Waals surface area contributed by atoms with E-state index in [0.717, 1.165) is 88.1 Å². The Balaban J connectivity index is 1.45. The van der Waals surface area contributed by atoms with E-state index in [2.05, 4.69) is 39.2 Å². The first kappa shape index (κ1) is 24.1. The summed E-state index contributed by atoms with van der Waals surface area (Å²) in [5, 5.41) is 5.15. The van der Waals surface area contributed by atoms with Crippen molar-refractivity contribution in [2.75, 3.05) is 52.5 Å². The second-order valence-electron chi connectivity index (χ2n) is 8.95. The summed E-state index contributed by atoms with van der Waals surface area (Å²) in [7, 11) is 0. The number of hydrogen-bond donors (Lipinski definition) is 2. The maximum absolute atomic E-state index is 12.8. The van der Waals surface area contributed by atoms with Gasteiger partial charge in [0.15, 0.2) is 5.11 Å². The number of nitrogens with one attached hydrogen (secondary N) is 2. The second-order valence-corrected chi connectivity index (χ2v) is 9.34. The number of aromatic nitrogens is 1. The molecule has 2 aliphatic heterocycles. The fourth-order valence-corrected chi connectivity index (χ4v) is 4.76. The van der Waals surface area contributed by atoms with Crippen molar-refractivity contribution in [3.8, 4) is 0 Å². The molecule has 4 rings (SSSR count). The van der Waals surface area contributed by atoms with Crippen LogP contribution in [0.3, 0.4) is 0 Å². The molecular formula is C25H36N4O3S. The van der Waals surface area contributed by atoms with Crippen LogP contribution in [0.15, 0.2) is 29.1 Å². The number of fused-ring (bicyclic) bond motifs is 1. The van der Waals surface area contributed by atoms with Crippen LogP contribution in [0, 0.1) is 0 Å². The molecule has 2 saturated heterocycles. The minimum atomic E-state index is -0.0492. The average Bonchev–Trinajstić information content (AvgIpc) is 3.36. The number of hydrogen-bond acceptors (Lipinski definition) is 5. The van der Waals surface area contributed by atoms with Crippen LogP contribution in [0.5, 0.6) is 0 Å². The molecule has 0 spiro atoms. The number of ether oxygens (including phenoxy) is 2. The molecular weight excluding hydrogens is 436 g/mol. The van der Waals surface area contributed by atoms with Gasteiger partial charge in [-0.25, -0.2) is 0 Å². The van der Waals surface area contributed by atoms with Gasteiger partial charge in [-0.2, -0.15) is 0 Å². The topological polar surface area (TPSA) is 69.8 Å². The van der Waals surface area contributed by atoms with Crippen LogP contribution >= 0.6 is 12.2 Å². The Morgan fingerprint density at radius 3 is 2.88 bits per heavy atom. The zero-order valence-corrected chi connectivity index (χ0v) is 20.4. The van der Waals surface area contributed by atoms with Gasteiger partial charge >= 0.3 is 0 Å². The van der Waals surface area contributed by atoms with Gasteiger partial charge in [0.05, 0.1) is 25.9 Å². The molecule has 0 aliphatic carbocycles. The third kappa shape index (κ3) is 6.76. The molecule has 8 heteroatoms. The first-order valence-corrected chi connectivity index (χ1v) is 12.6. The van der Waals surface area contributed by atoms with Gasteiger partial charge < -0.3 is 24.7 Å². The zero-order chi connectivity index (χ0) is 23.0. The highest BCUT2D eigenvalue weighted by Crippen LogP contribution is 2.16. The molecule has 2 N–H and O–H groups in total. The van der Waals surface area contributed by atoms with E-state index in [1.807, 2.05) is 12.1 Å². The number of H-pyrrole nitrogens is 1. The number of morpholine rings is 1. The first-order chi connectivity index (χ1) is 16.1. The van der Waals surface area contributed by atoms with Crippen LogP contribution in [-0.2, 0) is 22.4 Å². The largest absolute Gasteiger partial charge is 0.379 e. The number of rotatable bonds is 9. The molecule has 0 saturated carbocycles. The van der Waals surface area contributed by atoms with E-state index < -0.39 is 0 Å². The Morgan fingerprint density at radius 1 is 1.27 bits per heavy atom. The Hall–Kier alpha value is -2.00. The molecule has 0 unspecified atom stereocenters. The summed E-state index contributed by atoms with van der Waals surface area (Å²) in [6, 6.07) is 8.24. The third-order valence-corrected chi connectivity index (χ3v) is 6.96. The quantitative estimate of drug-likeness (QED) is 0.544. The third-order valence-electron chi connectivity index (χ3n) is 6.55. The number of thiocarbonyl (C=S) groups is 1. The highest BCUT2D eigenvalue weighted by atomic mass is 32.1. The number of aryl methyl sites for hydroxylation is 1. The lowest BCUT2D eigenvalue weighted by Gasteiger charge is -2.30. The summed E-state index contributed by atoms with van der Waals surface area (Å²) in [6.45, 7) is 9.53. The molecule has 1 aromatic carbocycles. The molecule has 2 aliphatic rings. The minimum Gasteiger partial charge on any atom is -0.379 e. The fourth-order valence-electron chi connectivity index (χ4n) is 4.52. The van der Waals surface area contributed by atoms with Crippen LogP contribution < -0.4 is 10.9 Å². The highest BCUT2D eigenvalue weighted by molar-refractivity contribution is 7.80. The molecule has 0 radical (unpaired) electrons. The smallest absolute Gasteiger partial charge is 0.253 e. The number of benzene rings is 1. The van der Waals surface area contributed by atoms with Crippen molar-refractivity contribution in [3.05, 3.63) is 45.7 Å². The summed E-state index contributed by atoms with van der Waals surface area (Å²) < 4.78 is 11.2. The lowest BCUT2D eigenvalue weighted by molar-refractivity contribution is 0.0367. The normalized spacial score (nSPS) is 19.1. The number of aromatic amines is 1. The van der Waals surface area contributed by atoms with Crippen molar-refractivity contribution in [3.63, 3.8) is 0 Å². The van der Waals surface area contributed by atoms with Crippen LogP contribution in [0.1, 0.15) is 37.3 Å². The van der Waals surface area contributed by atoms with Gasteiger partial charge in [0, 0.05) is 50.4 Å². The molecule has 7 nitrogen and oxygen atoms in total. The van der Waals surface area contributed by atoms with E-state index in [0.29, 0.717) is 18.2 Å². The fraction of sp³-hybridized carbons (Fsp3) is 0.600. The van der Waals surface area contributed by atoms with Gasteiger partial charge in [-0.1, -0.05) is 13.0 Å². The van der Waals surface area contributed by atoms with E-state index in [-0.39, 0.29) is 11.7 Å².